The lowest BCUT2D eigenvalue weighted by Gasteiger charge is -2.72. The summed E-state index contributed by atoms with van der Waals surface area (Å²) in [5, 5.41) is 21.4. The molecule has 1 aliphatic heterocycles. The molecule has 0 aromatic heterocycles. The Morgan fingerprint density at radius 1 is 0.781 bits per heavy atom. The van der Waals surface area contributed by atoms with Crippen molar-refractivity contribution in [2.24, 2.45) is 57.2 Å². The van der Waals surface area contributed by atoms with Gasteiger partial charge in [0, 0.05) is 6.61 Å². The highest BCUT2D eigenvalue weighted by molar-refractivity contribution is 5.20. The maximum Gasteiger partial charge on any atom is 0.0919 e. The van der Waals surface area contributed by atoms with Crippen LogP contribution < -0.4 is 0 Å². The zero-order valence-electron chi connectivity index (χ0n) is 21.3. The van der Waals surface area contributed by atoms with Crippen LogP contribution in [0.15, 0.2) is 0 Å². The highest BCUT2D eigenvalue weighted by Crippen LogP contribution is 2.77. The molecule has 0 bridgehead atoms. The van der Waals surface area contributed by atoms with Crippen LogP contribution in [-0.4, -0.2) is 35.1 Å². The molecule has 1 heterocycles. The molecule has 1 saturated heterocycles. The molecule has 6 rings (SSSR count). The van der Waals surface area contributed by atoms with Gasteiger partial charge in [-0.2, -0.15) is 0 Å². The molecule has 0 amide bonds. The zero-order chi connectivity index (χ0) is 22.7. The fourth-order valence-corrected chi connectivity index (χ4v) is 11.6. The number of epoxide rings is 1. The lowest BCUT2D eigenvalue weighted by atomic mass is 9.33. The van der Waals surface area contributed by atoms with E-state index in [-0.39, 0.29) is 17.1 Å². The Balaban J connectivity index is 1.39. The van der Waals surface area contributed by atoms with Crippen LogP contribution in [0.3, 0.4) is 0 Å². The van der Waals surface area contributed by atoms with E-state index in [9.17, 15) is 10.2 Å². The van der Waals surface area contributed by atoms with Crippen molar-refractivity contribution in [2.45, 2.75) is 111 Å². The molecule has 0 aromatic carbocycles. The van der Waals surface area contributed by atoms with Gasteiger partial charge in [-0.3, -0.25) is 0 Å². The van der Waals surface area contributed by atoms with Crippen LogP contribution in [0.1, 0.15) is 98.8 Å². The van der Waals surface area contributed by atoms with E-state index in [4.69, 9.17) is 4.74 Å². The fraction of sp³-hybridized carbons (Fsp3) is 1.00. The Labute approximate surface area is 196 Å². The molecule has 2 N–H and O–H groups in total. The van der Waals surface area contributed by atoms with E-state index in [1.807, 2.05) is 0 Å². The second-order valence-electron chi connectivity index (χ2n) is 14.5. The molecule has 0 aromatic rings. The summed E-state index contributed by atoms with van der Waals surface area (Å²) in [6, 6.07) is 0. The second-order valence-corrected chi connectivity index (χ2v) is 14.5. The summed E-state index contributed by atoms with van der Waals surface area (Å²) >= 11 is 0. The minimum Gasteiger partial charge on any atom is -0.396 e. The number of hydrogen-bond acceptors (Lipinski definition) is 3. The van der Waals surface area contributed by atoms with Gasteiger partial charge >= 0.3 is 0 Å². The van der Waals surface area contributed by atoms with E-state index in [1.54, 1.807) is 0 Å². The topological polar surface area (TPSA) is 53.0 Å². The predicted octanol–water partition coefficient (Wildman–Crippen LogP) is 5.82. The van der Waals surface area contributed by atoms with Crippen molar-refractivity contribution < 1.29 is 14.9 Å². The van der Waals surface area contributed by atoms with Crippen molar-refractivity contribution >= 4 is 0 Å². The van der Waals surface area contributed by atoms with Gasteiger partial charge in [-0.1, -0.05) is 27.7 Å². The Hall–Kier alpha value is -0.120. The lowest BCUT2D eigenvalue weighted by Crippen LogP contribution is -2.66. The number of aliphatic hydroxyl groups is 2. The van der Waals surface area contributed by atoms with Gasteiger partial charge < -0.3 is 14.9 Å². The van der Waals surface area contributed by atoms with Crippen molar-refractivity contribution in [1.82, 2.24) is 0 Å². The first kappa shape index (κ1) is 22.4. The molecule has 6 unspecified atom stereocenters. The molecule has 0 radical (unpaired) electrons. The SMILES string of the molecule is C[C@@H]1C2CC[C@]3(C)C(CCC4C5C([C@@]6(C)CO6)CCC5(CO)CC[C@]43C)[C@@]2(C)CC[C@@H]1O. The first-order chi connectivity index (χ1) is 15.0. The van der Waals surface area contributed by atoms with Crippen LogP contribution in [0, 0.1) is 57.2 Å². The zero-order valence-corrected chi connectivity index (χ0v) is 21.3. The van der Waals surface area contributed by atoms with Crippen molar-refractivity contribution in [3.8, 4) is 0 Å². The summed E-state index contributed by atoms with van der Waals surface area (Å²) in [6.45, 7) is 14.0. The minimum atomic E-state index is -0.0947. The summed E-state index contributed by atoms with van der Waals surface area (Å²) in [5.74, 6) is 3.90. The van der Waals surface area contributed by atoms with Gasteiger partial charge in [0.25, 0.3) is 0 Å². The number of rotatable bonds is 2. The third-order valence-electron chi connectivity index (χ3n) is 13.9. The van der Waals surface area contributed by atoms with Gasteiger partial charge in [0.1, 0.15) is 0 Å². The maximum atomic E-state index is 10.7. The molecular weight excluding hydrogens is 396 g/mol. The predicted molar refractivity (Wildman–Crippen MR) is 127 cm³/mol. The number of aliphatic hydroxyl groups excluding tert-OH is 2. The molecule has 5 saturated carbocycles. The van der Waals surface area contributed by atoms with Crippen LogP contribution in [0.25, 0.3) is 0 Å². The smallest absolute Gasteiger partial charge is 0.0919 e. The van der Waals surface area contributed by atoms with E-state index >= 15 is 0 Å². The maximum absolute atomic E-state index is 10.7. The van der Waals surface area contributed by atoms with E-state index in [2.05, 4.69) is 34.6 Å². The standard InChI is InChI=1S/C29H48O3/c1-18-19-8-12-27(4)23(25(19,2)11-10-22(18)31)7-6-20-24-21(28(5)17-32-28)9-13-29(24,16-30)15-14-26(20,27)3/h18-24,30-31H,6-17H2,1-5H3/t18-,19?,20?,21?,22+,23?,24?,25+,26-,27-,28-,29?/m1/s1. The van der Waals surface area contributed by atoms with Gasteiger partial charge in [0.05, 0.1) is 18.3 Å². The Bertz CT molecular complexity index is 776. The third kappa shape index (κ3) is 2.55. The van der Waals surface area contributed by atoms with Crippen LogP contribution in [0.4, 0.5) is 0 Å². The number of fused-ring (bicyclic) bond motifs is 7. The minimum absolute atomic E-state index is 0.0795. The van der Waals surface area contributed by atoms with Crippen LogP contribution in [0.5, 0.6) is 0 Å². The van der Waals surface area contributed by atoms with Gasteiger partial charge in [-0.25, -0.2) is 0 Å². The van der Waals surface area contributed by atoms with Crippen LogP contribution >= 0.6 is 0 Å². The summed E-state index contributed by atoms with van der Waals surface area (Å²) < 4.78 is 6.07. The van der Waals surface area contributed by atoms with E-state index in [1.165, 1.54) is 57.8 Å². The van der Waals surface area contributed by atoms with Crippen molar-refractivity contribution in [2.75, 3.05) is 13.2 Å². The first-order valence-corrected chi connectivity index (χ1v) is 14.0. The molecule has 182 valence electrons. The van der Waals surface area contributed by atoms with Crippen molar-refractivity contribution in [3.05, 3.63) is 0 Å². The van der Waals surface area contributed by atoms with E-state index in [0.29, 0.717) is 46.5 Å². The molecule has 3 nitrogen and oxygen atoms in total. The highest BCUT2D eigenvalue weighted by atomic mass is 16.6. The summed E-state index contributed by atoms with van der Waals surface area (Å²) in [7, 11) is 0. The lowest BCUT2D eigenvalue weighted by molar-refractivity contribution is -0.240. The van der Waals surface area contributed by atoms with Crippen LogP contribution in [-0.2, 0) is 4.74 Å². The Morgan fingerprint density at radius 3 is 2.19 bits per heavy atom. The summed E-state index contributed by atoms with van der Waals surface area (Å²) in [4.78, 5) is 0. The molecule has 6 fully saturated rings. The molecule has 12 atom stereocenters. The largest absolute Gasteiger partial charge is 0.396 e. The Morgan fingerprint density at radius 2 is 1.50 bits per heavy atom. The summed E-state index contributed by atoms with van der Waals surface area (Å²) in [6.07, 6.45) is 12.4. The van der Waals surface area contributed by atoms with Gasteiger partial charge in [-0.05, 0) is 128 Å². The van der Waals surface area contributed by atoms with Gasteiger partial charge in [0.2, 0.25) is 0 Å². The second kappa shape index (κ2) is 6.76. The van der Waals surface area contributed by atoms with Crippen molar-refractivity contribution in [3.63, 3.8) is 0 Å². The molecule has 0 spiro atoms. The van der Waals surface area contributed by atoms with Crippen LogP contribution in [0.2, 0.25) is 0 Å². The Kier molecular flexibility index (Phi) is 4.72. The average molecular weight is 445 g/mol. The molecule has 6 aliphatic rings. The third-order valence-corrected chi connectivity index (χ3v) is 13.9. The molecular formula is C29H48O3. The molecule has 3 heteroatoms. The quantitative estimate of drug-likeness (QED) is 0.528. The van der Waals surface area contributed by atoms with Gasteiger partial charge in [0.15, 0.2) is 0 Å². The fourth-order valence-electron chi connectivity index (χ4n) is 11.6. The van der Waals surface area contributed by atoms with Gasteiger partial charge in [-0.15, -0.1) is 0 Å². The monoisotopic (exact) mass is 444 g/mol. The van der Waals surface area contributed by atoms with E-state index < -0.39 is 0 Å². The van der Waals surface area contributed by atoms with Crippen molar-refractivity contribution in [1.29, 1.82) is 0 Å². The summed E-state index contributed by atoms with van der Waals surface area (Å²) in [5.41, 5.74) is 1.35. The first-order valence-electron chi connectivity index (χ1n) is 14.0. The number of hydrogen-bond donors (Lipinski definition) is 2. The number of ether oxygens (including phenoxy) is 1. The molecule has 5 aliphatic carbocycles. The highest BCUT2D eigenvalue weighted by Gasteiger charge is 2.71. The normalized spacial score (nSPS) is 63.7. The van der Waals surface area contributed by atoms with E-state index in [0.717, 1.165) is 24.9 Å². The molecule has 32 heavy (non-hydrogen) atoms. The average Bonchev–Trinajstić information content (AvgIpc) is 3.38.